The van der Waals surface area contributed by atoms with Crippen LogP contribution in [-0.4, -0.2) is 31.1 Å². The van der Waals surface area contributed by atoms with E-state index in [1.54, 1.807) is 0 Å². The number of anilines is 1. The Morgan fingerprint density at radius 3 is 2.94 bits per heavy atom. The second-order valence-electron chi connectivity index (χ2n) is 5.06. The number of aryl methyl sites for hydroxylation is 1. The topological polar surface area (TPSA) is 15.3 Å². The highest BCUT2D eigenvalue weighted by Crippen LogP contribution is 2.25. The third kappa shape index (κ3) is 3.62. The molecule has 1 atom stereocenters. The first kappa shape index (κ1) is 12.7. The number of nitrogens with zero attached hydrogens (tertiary/aromatic N) is 1. The van der Waals surface area contributed by atoms with Crippen LogP contribution in [0.2, 0.25) is 5.02 Å². The predicted molar refractivity (Wildman–Crippen MR) is 74.9 cm³/mol. The van der Waals surface area contributed by atoms with Crippen molar-refractivity contribution in [2.75, 3.05) is 25.5 Å². The van der Waals surface area contributed by atoms with Crippen molar-refractivity contribution >= 4 is 17.3 Å². The van der Waals surface area contributed by atoms with Crippen LogP contribution in [0.1, 0.15) is 24.8 Å². The smallest absolute Gasteiger partial charge is 0.0637 e. The lowest BCUT2D eigenvalue weighted by molar-refractivity contribution is 0.348. The summed E-state index contributed by atoms with van der Waals surface area (Å²) in [5, 5.41) is 4.42. The van der Waals surface area contributed by atoms with Crippen molar-refractivity contribution in [3.63, 3.8) is 0 Å². The zero-order chi connectivity index (χ0) is 12.3. The second kappa shape index (κ2) is 5.74. The van der Waals surface area contributed by atoms with Gasteiger partial charge >= 0.3 is 0 Å². The molecular weight excluding hydrogens is 232 g/mol. The lowest BCUT2D eigenvalue weighted by Crippen LogP contribution is -2.23. The van der Waals surface area contributed by atoms with E-state index >= 15 is 0 Å². The Hall–Kier alpha value is -0.730. The molecular formula is C14H21ClN2. The molecule has 3 heteroatoms. The van der Waals surface area contributed by atoms with Gasteiger partial charge in [0, 0.05) is 6.04 Å². The summed E-state index contributed by atoms with van der Waals surface area (Å²) in [5.74, 6) is 0. The molecule has 1 saturated heterocycles. The van der Waals surface area contributed by atoms with Gasteiger partial charge in [0.15, 0.2) is 0 Å². The highest BCUT2D eigenvalue weighted by atomic mass is 35.5. The van der Waals surface area contributed by atoms with Gasteiger partial charge in [-0.05, 0) is 64.0 Å². The fraction of sp³-hybridized carbons (Fsp3) is 0.571. The zero-order valence-electron chi connectivity index (χ0n) is 10.7. The summed E-state index contributed by atoms with van der Waals surface area (Å²) >= 11 is 6.21. The van der Waals surface area contributed by atoms with Gasteiger partial charge in [0.2, 0.25) is 0 Å². The molecule has 1 unspecified atom stereocenters. The molecule has 1 fully saturated rings. The summed E-state index contributed by atoms with van der Waals surface area (Å²) in [4.78, 5) is 2.40. The van der Waals surface area contributed by atoms with Crippen LogP contribution in [0.4, 0.5) is 5.69 Å². The molecule has 0 saturated carbocycles. The van der Waals surface area contributed by atoms with E-state index < -0.39 is 0 Å². The minimum absolute atomic E-state index is 0.555. The predicted octanol–water partition coefficient (Wildman–Crippen LogP) is 3.54. The normalized spacial score (nSPS) is 22.2. The summed E-state index contributed by atoms with van der Waals surface area (Å²) in [7, 11) is 2.20. The van der Waals surface area contributed by atoms with Crippen molar-refractivity contribution < 1.29 is 0 Å². The summed E-state index contributed by atoms with van der Waals surface area (Å²) in [6, 6.07) is 6.71. The summed E-state index contributed by atoms with van der Waals surface area (Å²) in [5.41, 5.74) is 2.34. The Morgan fingerprint density at radius 1 is 1.29 bits per heavy atom. The van der Waals surface area contributed by atoms with E-state index in [0.29, 0.717) is 6.04 Å². The summed E-state index contributed by atoms with van der Waals surface area (Å²) in [6.45, 7) is 4.48. The first-order valence-corrected chi connectivity index (χ1v) is 6.74. The number of halogens is 1. The molecule has 2 rings (SSSR count). The van der Waals surface area contributed by atoms with E-state index in [-0.39, 0.29) is 0 Å². The van der Waals surface area contributed by atoms with Crippen molar-refractivity contribution in [1.29, 1.82) is 0 Å². The summed E-state index contributed by atoms with van der Waals surface area (Å²) in [6.07, 6.45) is 3.69. The standard InChI is InChI=1S/C14H21ClN2/c1-11-5-6-13(15)14(10-11)16-12-4-3-8-17(2)9-7-12/h5-6,10,12,16H,3-4,7-9H2,1-2H3. The molecule has 1 aromatic carbocycles. The molecule has 0 radical (unpaired) electrons. The van der Waals surface area contributed by atoms with Gasteiger partial charge in [0.05, 0.1) is 10.7 Å². The first-order valence-electron chi connectivity index (χ1n) is 6.36. The highest BCUT2D eigenvalue weighted by Gasteiger charge is 2.15. The van der Waals surface area contributed by atoms with E-state index in [4.69, 9.17) is 11.6 Å². The lowest BCUT2D eigenvalue weighted by Gasteiger charge is -2.19. The summed E-state index contributed by atoms with van der Waals surface area (Å²) < 4.78 is 0. The van der Waals surface area contributed by atoms with Crippen molar-refractivity contribution in [2.45, 2.75) is 32.2 Å². The molecule has 0 bridgehead atoms. The van der Waals surface area contributed by atoms with Crippen LogP contribution in [-0.2, 0) is 0 Å². The molecule has 94 valence electrons. The fourth-order valence-electron chi connectivity index (χ4n) is 2.35. The van der Waals surface area contributed by atoms with E-state index in [1.165, 1.54) is 37.9 Å². The minimum atomic E-state index is 0.555. The number of hydrogen-bond donors (Lipinski definition) is 1. The van der Waals surface area contributed by atoms with Gasteiger partial charge in [-0.15, -0.1) is 0 Å². The first-order chi connectivity index (χ1) is 8.15. The van der Waals surface area contributed by atoms with E-state index in [2.05, 4.69) is 30.3 Å². The monoisotopic (exact) mass is 252 g/mol. The van der Waals surface area contributed by atoms with Gasteiger partial charge in [-0.1, -0.05) is 17.7 Å². The molecule has 0 spiro atoms. The number of nitrogens with one attached hydrogen (secondary N) is 1. The Morgan fingerprint density at radius 2 is 2.12 bits per heavy atom. The van der Waals surface area contributed by atoms with Gasteiger partial charge < -0.3 is 10.2 Å². The van der Waals surface area contributed by atoms with Gasteiger partial charge in [-0.3, -0.25) is 0 Å². The van der Waals surface area contributed by atoms with Crippen LogP contribution in [0.5, 0.6) is 0 Å². The van der Waals surface area contributed by atoms with Crippen molar-refractivity contribution in [3.05, 3.63) is 28.8 Å². The van der Waals surface area contributed by atoms with Crippen LogP contribution in [0.15, 0.2) is 18.2 Å². The van der Waals surface area contributed by atoms with Gasteiger partial charge in [-0.2, -0.15) is 0 Å². The Kier molecular flexibility index (Phi) is 4.30. The molecule has 1 heterocycles. The Bertz CT molecular complexity index is 378. The van der Waals surface area contributed by atoms with Crippen molar-refractivity contribution in [2.24, 2.45) is 0 Å². The molecule has 1 aliphatic heterocycles. The Balaban J connectivity index is 2.02. The molecule has 1 aromatic rings. The van der Waals surface area contributed by atoms with Crippen LogP contribution in [0, 0.1) is 6.92 Å². The van der Waals surface area contributed by atoms with Gasteiger partial charge in [0.1, 0.15) is 0 Å². The molecule has 0 aromatic heterocycles. The van der Waals surface area contributed by atoms with E-state index in [1.807, 2.05) is 12.1 Å². The second-order valence-corrected chi connectivity index (χ2v) is 5.47. The maximum Gasteiger partial charge on any atom is 0.0637 e. The highest BCUT2D eigenvalue weighted by molar-refractivity contribution is 6.33. The SMILES string of the molecule is Cc1ccc(Cl)c(NC2CCCN(C)CC2)c1. The molecule has 17 heavy (non-hydrogen) atoms. The van der Waals surface area contributed by atoms with E-state index in [0.717, 1.165) is 10.7 Å². The van der Waals surface area contributed by atoms with E-state index in [9.17, 15) is 0 Å². The average molecular weight is 253 g/mol. The van der Waals surface area contributed by atoms with Crippen LogP contribution in [0.3, 0.4) is 0 Å². The maximum atomic E-state index is 6.21. The van der Waals surface area contributed by atoms with Crippen LogP contribution >= 0.6 is 11.6 Å². The third-order valence-electron chi connectivity index (χ3n) is 3.43. The van der Waals surface area contributed by atoms with Gasteiger partial charge in [0.25, 0.3) is 0 Å². The minimum Gasteiger partial charge on any atom is -0.381 e. The molecule has 1 N–H and O–H groups in total. The van der Waals surface area contributed by atoms with Crippen molar-refractivity contribution in [1.82, 2.24) is 4.90 Å². The fourth-order valence-corrected chi connectivity index (χ4v) is 2.53. The Labute approximate surface area is 109 Å². The lowest BCUT2D eigenvalue weighted by atomic mass is 10.1. The molecule has 0 aliphatic carbocycles. The largest absolute Gasteiger partial charge is 0.381 e. The van der Waals surface area contributed by atoms with Crippen LogP contribution in [0.25, 0.3) is 0 Å². The average Bonchev–Trinajstić information content (AvgIpc) is 2.49. The quantitative estimate of drug-likeness (QED) is 0.866. The van der Waals surface area contributed by atoms with Crippen LogP contribution < -0.4 is 5.32 Å². The third-order valence-corrected chi connectivity index (χ3v) is 3.76. The zero-order valence-corrected chi connectivity index (χ0v) is 11.4. The maximum absolute atomic E-state index is 6.21. The molecule has 0 amide bonds. The number of rotatable bonds is 2. The number of hydrogen-bond acceptors (Lipinski definition) is 2. The van der Waals surface area contributed by atoms with Crippen molar-refractivity contribution in [3.8, 4) is 0 Å². The molecule has 2 nitrogen and oxygen atoms in total. The van der Waals surface area contributed by atoms with Gasteiger partial charge in [-0.25, -0.2) is 0 Å². The number of likely N-dealkylation sites (tertiary alicyclic amines) is 1. The number of benzene rings is 1. The molecule has 1 aliphatic rings.